The van der Waals surface area contributed by atoms with E-state index in [-0.39, 0.29) is 30.4 Å². The van der Waals surface area contributed by atoms with Gasteiger partial charge in [0.05, 0.1) is 30.1 Å². The minimum absolute atomic E-state index is 0.0532. The third-order valence-corrected chi connectivity index (χ3v) is 10.1. The summed E-state index contributed by atoms with van der Waals surface area (Å²) in [5, 5.41) is 10.8. The number of rotatable bonds is 9. The van der Waals surface area contributed by atoms with E-state index < -0.39 is 35.1 Å². The van der Waals surface area contributed by atoms with Crippen molar-refractivity contribution in [1.29, 1.82) is 0 Å². The lowest BCUT2D eigenvalue weighted by molar-refractivity contribution is -0.158. The average molecular weight is 598 g/mol. The smallest absolute Gasteiger partial charge is 0.249 e. The molecule has 0 bridgehead atoms. The second-order valence-electron chi connectivity index (χ2n) is 12.6. The molecule has 8 heteroatoms. The van der Waals surface area contributed by atoms with Crippen molar-refractivity contribution in [1.82, 2.24) is 14.7 Å². The van der Waals surface area contributed by atoms with Crippen molar-refractivity contribution in [2.45, 2.75) is 75.9 Å². The van der Waals surface area contributed by atoms with Crippen molar-refractivity contribution in [2.24, 2.45) is 11.8 Å². The Bertz CT molecular complexity index is 1440. The first kappa shape index (κ1) is 30.3. The van der Waals surface area contributed by atoms with Crippen LogP contribution in [0.15, 0.2) is 85.0 Å². The number of amides is 3. The number of aliphatic hydroxyl groups excluding tert-OH is 1. The van der Waals surface area contributed by atoms with Crippen LogP contribution < -0.4 is 0 Å². The molecule has 232 valence electrons. The second-order valence-corrected chi connectivity index (χ2v) is 12.6. The molecule has 44 heavy (non-hydrogen) atoms. The number of nitrogens with zero attached hydrogens (tertiary/aromatic N) is 3. The summed E-state index contributed by atoms with van der Waals surface area (Å²) in [6.45, 7) is 6.93. The number of ether oxygens (including phenoxy) is 1. The second kappa shape index (κ2) is 12.0. The quantitative estimate of drug-likeness (QED) is 0.437. The monoisotopic (exact) mass is 597 g/mol. The van der Waals surface area contributed by atoms with Crippen molar-refractivity contribution < 1.29 is 24.2 Å². The van der Waals surface area contributed by atoms with Gasteiger partial charge in [-0.1, -0.05) is 105 Å². The fourth-order valence-corrected chi connectivity index (χ4v) is 8.05. The van der Waals surface area contributed by atoms with E-state index >= 15 is 0 Å². The highest BCUT2D eigenvalue weighted by Gasteiger charge is 2.76. The van der Waals surface area contributed by atoms with Crippen LogP contribution in [0, 0.1) is 11.8 Å². The summed E-state index contributed by atoms with van der Waals surface area (Å²) in [6, 6.07) is 17.3. The number of likely N-dealkylation sites (tertiary alicyclic amines) is 1. The van der Waals surface area contributed by atoms with Gasteiger partial charge < -0.3 is 24.5 Å². The van der Waals surface area contributed by atoms with Gasteiger partial charge in [-0.3, -0.25) is 14.4 Å². The zero-order chi connectivity index (χ0) is 31.1. The summed E-state index contributed by atoms with van der Waals surface area (Å²) in [6.07, 6.45) is 9.96. The molecule has 2 unspecified atom stereocenters. The summed E-state index contributed by atoms with van der Waals surface area (Å²) >= 11 is 0. The molecule has 0 radical (unpaired) electrons. The minimum atomic E-state index is -1.37. The first-order valence-electron chi connectivity index (χ1n) is 16.0. The maximum atomic E-state index is 15.0. The van der Waals surface area contributed by atoms with Gasteiger partial charge in [0.1, 0.15) is 11.6 Å². The Morgan fingerprint density at radius 2 is 1.57 bits per heavy atom. The Kier molecular flexibility index (Phi) is 8.24. The lowest BCUT2D eigenvalue weighted by Crippen LogP contribution is -2.58. The molecule has 0 saturated carbocycles. The van der Waals surface area contributed by atoms with E-state index in [4.69, 9.17) is 4.74 Å². The number of carbonyl (C=O) groups is 3. The van der Waals surface area contributed by atoms with Crippen LogP contribution in [0.25, 0.3) is 0 Å². The molecule has 2 aromatic rings. The van der Waals surface area contributed by atoms with Crippen molar-refractivity contribution in [3.63, 3.8) is 0 Å². The van der Waals surface area contributed by atoms with Gasteiger partial charge in [0.25, 0.3) is 0 Å². The van der Waals surface area contributed by atoms with E-state index in [1.54, 1.807) is 9.80 Å². The largest absolute Gasteiger partial charge is 0.394 e. The number of aliphatic hydroxyl groups is 1. The topological polar surface area (TPSA) is 90.4 Å². The number of carbonyl (C=O) groups excluding carboxylic acids is 3. The van der Waals surface area contributed by atoms with Crippen LogP contribution in [-0.2, 0) is 25.7 Å². The first-order chi connectivity index (χ1) is 21.3. The van der Waals surface area contributed by atoms with Gasteiger partial charge >= 0.3 is 0 Å². The molecular weight excluding hydrogens is 554 g/mol. The molecule has 4 aliphatic rings. The van der Waals surface area contributed by atoms with Gasteiger partial charge in [-0.15, -0.1) is 0 Å². The van der Waals surface area contributed by atoms with Crippen molar-refractivity contribution in [3.8, 4) is 0 Å². The predicted molar refractivity (Wildman–Crippen MR) is 167 cm³/mol. The first-order valence-corrected chi connectivity index (χ1v) is 16.0. The fraction of sp³-hybridized carbons (Fsp3) is 0.472. The van der Waals surface area contributed by atoms with Crippen LogP contribution in [0.3, 0.4) is 0 Å². The average Bonchev–Trinajstić information content (AvgIpc) is 3.33. The highest BCUT2D eigenvalue weighted by Crippen LogP contribution is 2.59. The molecule has 0 aliphatic carbocycles. The molecule has 1 spiro atoms. The third-order valence-electron chi connectivity index (χ3n) is 10.1. The zero-order valence-electron chi connectivity index (χ0n) is 25.8. The number of benzene rings is 2. The molecule has 0 aromatic heterocycles. The Hall–Kier alpha value is -3.75. The van der Waals surface area contributed by atoms with E-state index in [0.29, 0.717) is 26.1 Å². The summed E-state index contributed by atoms with van der Waals surface area (Å²) < 4.78 is 7.12. The van der Waals surface area contributed by atoms with E-state index in [9.17, 15) is 19.5 Å². The van der Waals surface area contributed by atoms with Gasteiger partial charge in [0.15, 0.2) is 0 Å². The van der Waals surface area contributed by atoms with Crippen LogP contribution in [-0.4, -0.2) is 80.5 Å². The fourth-order valence-electron chi connectivity index (χ4n) is 8.05. The van der Waals surface area contributed by atoms with E-state index in [1.807, 2.05) is 104 Å². The molecule has 2 aromatic carbocycles. The lowest BCUT2D eigenvalue weighted by Gasteiger charge is -2.41. The highest BCUT2D eigenvalue weighted by atomic mass is 16.5. The summed E-state index contributed by atoms with van der Waals surface area (Å²) in [7, 11) is 0. The maximum Gasteiger partial charge on any atom is 0.249 e. The van der Waals surface area contributed by atoms with Crippen molar-refractivity contribution >= 4 is 17.7 Å². The number of fused-ring (bicyclic) bond motifs is 2. The van der Waals surface area contributed by atoms with Crippen LogP contribution in [0.1, 0.15) is 57.2 Å². The van der Waals surface area contributed by atoms with Crippen LogP contribution in [0.4, 0.5) is 0 Å². The molecule has 2 fully saturated rings. The SMILES string of the molecule is CCCC(C)N1CC=C[C@]23O[C@@]4(CC)C=CCN(Cc5ccccc5)C(=O)[C@H]4[C@H]2C(=O)N([C@H](CO)c2ccccc2)C3C1=O. The lowest BCUT2D eigenvalue weighted by atomic mass is 9.73. The van der Waals surface area contributed by atoms with Gasteiger partial charge in [-0.25, -0.2) is 0 Å². The van der Waals surface area contributed by atoms with Crippen molar-refractivity contribution in [2.75, 3.05) is 19.7 Å². The zero-order valence-corrected chi connectivity index (χ0v) is 25.8. The van der Waals surface area contributed by atoms with Crippen LogP contribution in [0.2, 0.25) is 0 Å². The molecule has 1 N–H and O–H groups in total. The minimum Gasteiger partial charge on any atom is -0.394 e. The number of hydrogen-bond donors (Lipinski definition) is 1. The van der Waals surface area contributed by atoms with E-state index in [0.717, 1.165) is 24.0 Å². The molecule has 8 nitrogen and oxygen atoms in total. The van der Waals surface area contributed by atoms with Gasteiger partial charge in [-0.05, 0) is 30.9 Å². The molecular formula is C36H43N3O5. The Morgan fingerprint density at radius 1 is 0.886 bits per heavy atom. The van der Waals surface area contributed by atoms with Crippen LogP contribution in [0.5, 0.6) is 0 Å². The summed E-state index contributed by atoms with van der Waals surface area (Å²) in [5.41, 5.74) is -0.692. The van der Waals surface area contributed by atoms with Crippen molar-refractivity contribution in [3.05, 3.63) is 96.1 Å². The third kappa shape index (κ3) is 4.70. The normalized spacial score (nSPS) is 31.0. The molecule has 4 aliphatic heterocycles. The summed E-state index contributed by atoms with van der Waals surface area (Å²) in [5.74, 6) is -2.45. The molecule has 2 saturated heterocycles. The van der Waals surface area contributed by atoms with Gasteiger partial charge in [0.2, 0.25) is 17.7 Å². The van der Waals surface area contributed by atoms with Crippen LogP contribution >= 0.6 is 0 Å². The Morgan fingerprint density at radius 3 is 2.23 bits per heavy atom. The molecule has 7 atom stereocenters. The predicted octanol–water partition coefficient (Wildman–Crippen LogP) is 4.27. The summed E-state index contributed by atoms with van der Waals surface area (Å²) in [4.78, 5) is 49.5. The van der Waals surface area contributed by atoms with E-state index in [1.165, 1.54) is 0 Å². The Balaban J connectivity index is 1.50. The van der Waals surface area contributed by atoms with Gasteiger partial charge in [-0.2, -0.15) is 0 Å². The maximum absolute atomic E-state index is 15.0. The van der Waals surface area contributed by atoms with Gasteiger partial charge in [0, 0.05) is 25.7 Å². The standard InChI is InChI=1S/C36H43N3O5/c1-4-14-25(3)38-22-13-20-36-30(33(42)39(31(36)34(38)43)28(24-40)27-17-10-7-11-18-27)29-32(41)37(23-26-15-8-6-9-16-26)21-12-19-35(29,5-2)44-36/h6-13,15-20,25,28-31,40H,4-5,14,21-24H2,1-3H3/t25?,28-,29-,30+,31?,35+,36+/m1/s1. The number of hydrogen-bond acceptors (Lipinski definition) is 5. The van der Waals surface area contributed by atoms with E-state index in [2.05, 4.69) is 6.92 Å². The Labute approximate surface area is 260 Å². The highest BCUT2D eigenvalue weighted by molar-refractivity contribution is 6.00. The molecule has 6 rings (SSSR count). The molecule has 4 heterocycles. The molecule has 3 amide bonds.